The highest BCUT2D eigenvalue weighted by Gasteiger charge is 2.43. The average molecular weight is 215 g/mol. The standard InChI is InChI=1S/C14H17NO/c1-15-14(8-5-9-14)10-12-6-3-4-7-13(12)11-16-2/h3-4,6-7H,5,8-11H2,2H3. The minimum Gasteiger partial charge on any atom is -0.380 e. The summed E-state index contributed by atoms with van der Waals surface area (Å²) in [6, 6.07) is 8.29. The lowest BCUT2D eigenvalue weighted by Crippen LogP contribution is -2.35. The molecule has 0 aliphatic heterocycles. The third-order valence-electron chi connectivity index (χ3n) is 3.46. The lowest BCUT2D eigenvalue weighted by atomic mass is 9.73. The second-order valence-corrected chi connectivity index (χ2v) is 4.57. The van der Waals surface area contributed by atoms with E-state index < -0.39 is 0 Å². The van der Waals surface area contributed by atoms with Crippen molar-refractivity contribution in [3.63, 3.8) is 0 Å². The quantitative estimate of drug-likeness (QED) is 0.703. The van der Waals surface area contributed by atoms with Crippen LogP contribution in [-0.2, 0) is 17.8 Å². The van der Waals surface area contributed by atoms with Crippen LogP contribution in [0.25, 0.3) is 4.85 Å². The van der Waals surface area contributed by atoms with Gasteiger partial charge in [-0.15, -0.1) is 0 Å². The van der Waals surface area contributed by atoms with Gasteiger partial charge < -0.3 is 9.58 Å². The summed E-state index contributed by atoms with van der Waals surface area (Å²) in [6.45, 7) is 7.97. The molecule has 1 aliphatic carbocycles. The van der Waals surface area contributed by atoms with E-state index in [1.165, 1.54) is 17.5 Å². The van der Waals surface area contributed by atoms with E-state index in [1.54, 1.807) is 7.11 Å². The van der Waals surface area contributed by atoms with Gasteiger partial charge in [-0.2, -0.15) is 0 Å². The minimum absolute atomic E-state index is 0.107. The molecule has 0 heterocycles. The highest BCUT2D eigenvalue weighted by atomic mass is 16.5. The van der Waals surface area contributed by atoms with Gasteiger partial charge in [-0.1, -0.05) is 24.3 Å². The molecule has 0 unspecified atom stereocenters. The average Bonchev–Trinajstić information content (AvgIpc) is 2.26. The molecule has 0 bridgehead atoms. The Morgan fingerprint density at radius 1 is 1.31 bits per heavy atom. The van der Waals surface area contributed by atoms with E-state index >= 15 is 0 Å². The van der Waals surface area contributed by atoms with E-state index in [9.17, 15) is 0 Å². The van der Waals surface area contributed by atoms with Crippen molar-refractivity contribution >= 4 is 0 Å². The lowest BCUT2D eigenvalue weighted by molar-refractivity contribution is 0.183. The summed E-state index contributed by atoms with van der Waals surface area (Å²) < 4.78 is 5.19. The highest BCUT2D eigenvalue weighted by molar-refractivity contribution is 5.30. The molecule has 16 heavy (non-hydrogen) atoms. The van der Waals surface area contributed by atoms with Gasteiger partial charge in [-0.3, -0.25) is 0 Å². The van der Waals surface area contributed by atoms with E-state index in [4.69, 9.17) is 11.3 Å². The fourth-order valence-corrected chi connectivity index (χ4v) is 2.29. The van der Waals surface area contributed by atoms with E-state index in [-0.39, 0.29) is 5.54 Å². The molecule has 2 rings (SSSR count). The Kier molecular flexibility index (Phi) is 3.26. The maximum absolute atomic E-state index is 7.32. The van der Waals surface area contributed by atoms with Crippen LogP contribution in [0.5, 0.6) is 0 Å². The smallest absolute Gasteiger partial charge is 0.236 e. The van der Waals surface area contributed by atoms with Gasteiger partial charge in [0, 0.05) is 20.0 Å². The molecule has 1 aromatic carbocycles. The van der Waals surface area contributed by atoms with Crippen molar-refractivity contribution < 1.29 is 4.74 Å². The second kappa shape index (κ2) is 4.67. The Morgan fingerprint density at radius 3 is 2.50 bits per heavy atom. The number of methoxy groups -OCH3 is 1. The van der Waals surface area contributed by atoms with E-state index in [1.807, 2.05) is 12.1 Å². The molecule has 0 amide bonds. The maximum Gasteiger partial charge on any atom is 0.236 e. The topological polar surface area (TPSA) is 13.6 Å². The molecule has 0 N–H and O–H groups in total. The monoisotopic (exact) mass is 215 g/mol. The first-order chi connectivity index (χ1) is 7.79. The zero-order valence-corrected chi connectivity index (χ0v) is 9.70. The Morgan fingerprint density at radius 2 is 2.00 bits per heavy atom. The predicted molar refractivity (Wildman–Crippen MR) is 64.0 cm³/mol. The number of benzene rings is 1. The van der Waals surface area contributed by atoms with Crippen molar-refractivity contribution in [1.29, 1.82) is 0 Å². The van der Waals surface area contributed by atoms with Gasteiger partial charge in [-0.25, -0.2) is 6.57 Å². The number of nitrogens with zero attached hydrogens (tertiary/aromatic N) is 1. The second-order valence-electron chi connectivity index (χ2n) is 4.57. The summed E-state index contributed by atoms with van der Waals surface area (Å²) in [5, 5.41) is 0. The Bertz CT molecular complexity index is 401. The summed E-state index contributed by atoms with van der Waals surface area (Å²) in [7, 11) is 1.71. The third-order valence-corrected chi connectivity index (χ3v) is 3.46. The van der Waals surface area contributed by atoms with Crippen molar-refractivity contribution in [1.82, 2.24) is 0 Å². The zero-order valence-electron chi connectivity index (χ0n) is 9.70. The van der Waals surface area contributed by atoms with Crippen LogP contribution in [0.2, 0.25) is 0 Å². The first-order valence-corrected chi connectivity index (χ1v) is 5.74. The maximum atomic E-state index is 7.32. The fraction of sp³-hybridized carbons (Fsp3) is 0.500. The number of ether oxygens (including phenoxy) is 1. The van der Waals surface area contributed by atoms with E-state index in [0.29, 0.717) is 6.61 Å². The predicted octanol–water partition coefficient (Wildman–Crippen LogP) is 3.22. The largest absolute Gasteiger partial charge is 0.380 e. The molecule has 2 heteroatoms. The molecule has 1 saturated carbocycles. The van der Waals surface area contributed by atoms with Crippen LogP contribution in [-0.4, -0.2) is 12.6 Å². The summed E-state index contributed by atoms with van der Waals surface area (Å²) in [5.74, 6) is 0. The van der Waals surface area contributed by atoms with E-state index in [2.05, 4.69) is 17.0 Å². The minimum atomic E-state index is -0.107. The molecule has 0 saturated heterocycles. The third kappa shape index (κ3) is 2.10. The molecule has 0 atom stereocenters. The molecule has 84 valence electrons. The van der Waals surface area contributed by atoms with Gasteiger partial charge in [-0.05, 0) is 17.5 Å². The van der Waals surface area contributed by atoms with Crippen molar-refractivity contribution in [3.05, 3.63) is 46.8 Å². The van der Waals surface area contributed by atoms with Gasteiger partial charge in [0.15, 0.2) is 0 Å². The van der Waals surface area contributed by atoms with Crippen LogP contribution >= 0.6 is 0 Å². The first-order valence-electron chi connectivity index (χ1n) is 5.74. The van der Waals surface area contributed by atoms with Crippen molar-refractivity contribution in [2.45, 2.75) is 37.8 Å². The van der Waals surface area contributed by atoms with Crippen molar-refractivity contribution in [2.75, 3.05) is 7.11 Å². The number of rotatable bonds is 4. The van der Waals surface area contributed by atoms with Crippen LogP contribution in [0.15, 0.2) is 24.3 Å². The molecular weight excluding hydrogens is 198 g/mol. The summed E-state index contributed by atoms with van der Waals surface area (Å²) in [5.41, 5.74) is 2.39. The molecule has 1 fully saturated rings. The summed E-state index contributed by atoms with van der Waals surface area (Å²) in [4.78, 5) is 3.83. The van der Waals surface area contributed by atoms with Crippen LogP contribution in [0.3, 0.4) is 0 Å². The van der Waals surface area contributed by atoms with Gasteiger partial charge in [0.1, 0.15) is 0 Å². The molecule has 0 spiro atoms. The normalized spacial score (nSPS) is 17.5. The molecule has 1 aromatic rings. The van der Waals surface area contributed by atoms with Crippen LogP contribution in [0.1, 0.15) is 30.4 Å². The SMILES string of the molecule is [C-]#[N+]C1(Cc2ccccc2COC)CCC1. The highest BCUT2D eigenvalue weighted by Crippen LogP contribution is 2.39. The Labute approximate surface area is 97.1 Å². The van der Waals surface area contributed by atoms with Gasteiger partial charge >= 0.3 is 0 Å². The van der Waals surface area contributed by atoms with Crippen LogP contribution in [0.4, 0.5) is 0 Å². The zero-order chi connectivity index (χ0) is 11.4. The Hall–Kier alpha value is -1.33. The van der Waals surface area contributed by atoms with Gasteiger partial charge in [0.05, 0.1) is 13.0 Å². The Balaban J connectivity index is 2.17. The van der Waals surface area contributed by atoms with Crippen LogP contribution < -0.4 is 0 Å². The first kappa shape index (κ1) is 11.2. The summed E-state index contributed by atoms with van der Waals surface area (Å²) >= 11 is 0. The number of hydrogen-bond acceptors (Lipinski definition) is 1. The molecule has 2 nitrogen and oxygen atoms in total. The van der Waals surface area contributed by atoms with Crippen molar-refractivity contribution in [2.24, 2.45) is 0 Å². The van der Waals surface area contributed by atoms with E-state index in [0.717, 1.165) is 19.3 Å². The van der Waals surface area contributed by atoms with Crippen molar-refractivity contribution in [3.8, 4) is 0 Å². The molecular formula is C14H17NO. The van der Waals surface area contributed by atoms with Crippen LogP contribution in [0, 0.1) is 6.57 Å². The molecule has 0 radical (unpaired) electrons. The lowest BCUT2D eigenvalue weighted by Gasteiger charge is -2.30. The number of hydrogen-bond donors (Lipinski definition) is 0. The van der Waals surface area contributed by atoms with Gasteiger partial charge in [0.2, 0.25) is 5.54 Å². The summed E-state index contributed by atoms with van der Waals surface area (Å²) in [6.07, 6.45) is 4.19. The molecule has 0 aromatic heterocycles. The fourth-order valence-electron chi connectivity index (χ4n) is 2.29. The van der Waals surface area contributed by atoms with Gasteiger partial charge in [0.25, 0.3) is 0 Å². The molecule has 1 aliphatic rings.